The molecule has 0 aliphatic rings. The number of carbonyl (C=O) groups excluding carboxylic acids is 1. The highest BCUT2D eigenvalue weighted by atomic mass is 19.1. The number of amides is 1. The van der Waals surface area contributed by atoms with E-state index < -0.39 is 12.0 Å². The van der Waals surface area contributed by atoms with Gasteiger partial charge in [0, 0.05) is 0 Å². The predicted molar refractivity (Wildman–Crippen MR) is 70.7 cm³/mol. The van der Waals surface area contributed by atoms with E-state index in [1.165, 1.54) is 12.1 Å². The Morgan fingerprint density at radius 3 is 2.58 bits per heavy atom. The van der Waals surface area contributed by atoms with Gasteiger partial charge in [-0.05, 0) is 41.3 Å². The van der Waals surface area contributed by atoms with E-state index in [9.17, 15) is 14.3 Å². The first kappa shape index (κ1) is 13.2. The Bertz CT molecular complexity index is 605. The lowest BCUT2D eigenvalue weighted by Crippen LogP contribution is -2.21. The fourth-order valence-electron chi connectivity index (χ4n) is 2.04. The molecule has 0 fully saturated rings. The average Bonchev–Trinajstić information content (AvgIpc) is 2.36. The summed E-state index contributed by atoms with van der Waals surface area (Å²) in [7, 11) is 0. The Balaban J connectivity index is 2.59. The topological polar surface area (TPSA) is 63.3 Å². The summed E-state index contributed by atoms with van der Waals surface area (Å²) in [6, 6.07) is 11.3. The first-order valence-electron chi connectivity index (χ1n) is 5.83. The zero-order valence-corrected chi connectivity index (χ0v) is 10.4. The molecule has 0 saturated heterocycles. The van der Waals surface area contributed by atoms with E-state index in [4.69, 9.17) is 5.73 Å². The van der Waals surface area contributed by atoms with Crippen molar-refractivity contribution in [3.05, 3.63) is 59.4 Å². The first-order chi connectivity index (χ1) is 8.99. The summed E-state index contributed by atoms with van der Waals surface area (Å²) in [5.74, 6) is -1.20. The van der Waals surface area contributed by atoms with Crippen molar-refractivity contribution in [1.29, 1.82) is 0 Å². The highest BCUT2D eigenvalue weighted by molar-refractivity contribution is 5.83. The van der Waals surface area contributed by atoms with E-state index in [0.717, 1.165) is 5.56 Å². The molecule has 1 atom stereocenters. The second kappa shape index (κ2) is 5.20. The Hall–Kier alpha value is -2.20. The van der Waals surface area contributed by atoms with E-state index in [2.05, 4.69) is 0 Å². The van der Waals surface area contributed by atoms with Crippen molar-refractivity contribution >= 4 is 5.91 Å². The summed E-state index contributed by atoms with van der Waals surface area (Å²) >= 11 is 0. The number of aliphatic hydroxyl groups is 1. The molecule has 0 spiro atoms. The van der Waals surface area contributed by atoms with E-state index in [-0.39, 0.29) is 5.82 Å². The van der Waals surface area contributed by atoms with Crippen molar-refractivity contribution in [3.8, 4) is 11.1 Å². The molecule has 0 aliphatic carbocycles. The van der Waals surface area contributed by atoms with Crippen LogP contribution in [0, 0.1) is 12.7 Å². The number of hydrogen-bond acceptors (Lipinski definition) is 2. The smallest absolute Gasteiger partial charge is 0.250 e. The van der Waals surface area contributed by atoms with Gasteiger partial charge in [0.15, 0.2) is 6.10 Å². The molecule has 1 amide bonds. The van der Waals surface area contributed by atoms with Crippen molar-refractivity contribution in [2.24, 2.45) is 5.73 Å². The second-order valence-corrected chi connectivity index (χ2v) is 4.41. The van der Waals surface area contributed by atoms with Crippen molar-refractivity contribution in [2.45, 2.75) is 13.0 Å². The van der Waals surface area contributed by atoms with Crippen LogP contribution in [-0.2, 0) is 4.79 Å². The van der Waals surface area contributed by atoms with Crippen LogP contribution in [0.2, 0.25) is 0 Å². The summed E-state index contributed by atoms with van der Waals surface area (Å²) in [4.78, 5) is 11.1. The molecule has 98 valence electrons. The van der Waals surface area contributed by atoms with Crippen LogP contribution in [0.5, 0.6) is 0 Å². The number of carbonyl (C=O) groups is 1. The van der Waals surface area contributed by atoms with Crippen molar-refractivity contribution in [1.82, 2.24) is 0 Å². The third kappa shape index (κ3) is 2.80. The Morgan fingerprint density at radius 2 is 1.95 bits per heavy atom. The molecule has 0 radical (unpaired) electrons. The quantitative estimate of drug-likeness (QED) is 0.888. The normalized spacial score (nSPS) is 12.2. The van der Waals surface area contributed by atoms with Gasteiger partial charge in [0.1, 0.15) is 5.82 Å². The summed E-state index contributed by atoms with van der Waals surface area (Å²) in [5.41, 5.74) is 7.45. The Labute approximate surface area is 110 Å². The van der Waals surface area contributed by atoms with Crippen LogP contribution in [0.1, 0.15) is 17.2 Å². The van der Waals surface area contributed by atoms with Crippen LogP contribution >= 0.6 is 0 Å². The summed E-state index contributed by atoms with van der Waals surface area (Å²) in [6.07, 6.45) is -1.40. The molecule has 3 N–H and O–H groups in total. The summed E-state index contributed by atoms with van der Waals surface area (Å²) < 4.78 is 13.5. The van der Waals surface area contributed by atoms with Crippen LogP contribution in [0.4, 0.5) is 4.39 Å². The SMILES string of the molecule is Cc1cc(F)cc(-c2ccccc2C(O)C(N)=O)c1. The van der Waals surface area contributed by atoms with Crippen molar-refractivity contribution in [2.75, 3.05) is 0 Å². The van der Waals surface area contributed by atoms with Gasteiger partial charge in [0.25, 0.3) is 5.91 Å². The predicted octanol–water partition coefficient (Wildman–Crippen LogP) is 2.32. The number of halogens is 1. The lowest BCUT2D eigenvalue weighted by molar-refractivity contribution is -0.126. The summed E-state index contributed by atoms with van der Waals surface area (Å²) in [6.45, 7) is 1.78. The van der Waals surface area contributed by atoms with Gasteiger partial charge < -0.3 is 10.8 Å². The van der Waals surface area contributed by atoms with Gasteiger partial charge in [-0.25, -0.2) is 4.39 Å². The van der Waals surface area contributed by atoms with Crippen molar-refractivity contribution < 1.29 is 14.3 Å². The van der Waals surface area contributed by atoms with Crippen LogP contribution in [0.25, 0.3) is 11.1 Å². The minimum absolute atomic E-state index is 0.363. The molecule has 2 aromatic carbocycles. The maximum absolute atomic E-state index is 13.5. The molecular formula is C15H14FNO2. The number of aliphatic hydroxyl groups excluding tert-OH is 1. The van der Waals surface area contributed by atoms with Gasteiger partial charge >= 0.3 is 0 Å². The second-order valence-electron chi connectivity index (χ2n) is 4.41. The Kier molecular flexibility index (Phi) is 3.62. The molecule has 19 heavy (non-hydrogen) atoms. The summed E-state index contributed by atoms with van der Waals surface area (Å²) in [5, 5.41) is 9.81. The average molecular weight is 259 g/mol. The van der Waals surface area contributed by atoms with Gasteiger partial charge in [-0.2, -0.15) is 0 Å². The lowest BCUT2D eigenvalue weighted by atomic mass is 9.95. The van der Waals surface area contributed by atoms with Crippen LogP contribution in [-0.4, -0.2) is 11.0 Å². The molecule has 1 unspecified atom stereocenters. The molecule has 3 nitrogen and oxygen atoms in total. The van der Waals surface area contributed by atoms with Crippen molar-refractivity contribution in [3.63, 3.8) is 0 Å². The molecule has 0 heterocycles. The molecule has 0 saturated carbocycles. The fraction of sp³-hybridized carbons (Fsp3) is 0.133. The zero-order chi connectivity index (χ0) is 14.0. The number of rotatable bonds is 3. The minimum atomic E-state index is -1.40. The Morgan fingerprint density at radius 1 is 1.26 bits per heavy atom. The van der Waals surface area contributed by atoms with Crippen LogP contribution in [0.15, 0.2) is 42.5 Å². The third-order valence-corrected chi connectivity index (χ3v) is 2.88. The largest absolute Gasteiger partial charge is 0.378 e. The molecule has 0 aromatic heterocycles. The first-order valence-corrected chi connectivity index (χ1v) is 5.83. The number of primary amides is 1. The fourth-order valence-corrected chi connectivity index (χ4v) is 2.04. The third-order valence-electron chi connectivity index (χ3n) is 2.88. The zero-order valence-electron chi connectivity index (χ0n) is 10.4. The maximum Gasteiger partial charge on any atom is 0.250 e. The maximum atomic E-state index is 13.5. The monoisotopic (exact) mass is 259 g/mol. The van der Waals surface area contributed by atoms with Crippen LogP contribution in [0.3, 0.4) is 0 Å². The molecular weight excluding hydrogens is 245 g/mol. The standard InChI is InChI=1S/C15H14FNO2/c1-9-6-10(8-11(16)7-9)12-4-2-3-5-13(12)14(18)15(17)19/h2-8,14,18H,1H3,(H2,17,19). The molecule has 2 rings (SSSR count). The van der Waals surface area contributed by atoms with E-state index in [1.807, 2.05) is 0 Å². The van der Waals surface area contributed by atoms with E-state index in [1.54, 1.807) is 37.3 Å². The van der Waals surface area contributed by atoms with Gasteiger partial charge in [0.05, 0.1) is 0 Å². The van der Waals surface area contributed by atoms with Crippen LogP contribution < -0.4 is 5.73 Å². The van der Waals surface area contributed by atoms with Gasteiger partial charge in [-0.3, -0.25) is 4.79 Å². The van der Waals surface area contributed by atoms with E-state index in [0.29, 0.717) is 16.7 Å². The van der Waals surface area contributed by atoms with Gasteiger partial charge in [0.2, 0.25) is 0 Å². The lowest BCUT2D eigenvalue weighted by Gasteiger charge is -2.13. The molecule has 0 bridgehead atoms. The molecule has 4 heteroatoms. The highest BCUT2D eigenvalue weighted by Crippen LogP contribution is 2.29. The van der Waals surface area contributed by atoms with E-state index >= 15 is 0 Å². The minimum Gasteiger partial charge on any atom is -0.378 e. The van der Waals surface area contributed by atoms with Gasteiger partial charge in [-0.15, -0.1) is 0 Å². The highest BCUT2D eigenvalue weighted by Gasteiger charge is 2.18. The number of benzene rings is 2. The number of nitrogens with two attached hydrogens (primary N) is 1. The van der Waals surface area contributed by atoms with Gasteiger partial charge in [-0.1, -0.05) is 30.3 Å². The number of aryl methyl sites for hydroxylation is 1. The molecule has 2 aromatic rings. The molecule has 0 aliphatic heterocycles. The number of hydrogen-bond donors (Lipinski definition) is 2.